The van der Waals surface area contributed by atoms with Crippen molar-refractivity contribution in [2.75, 3.05) is 0 Å². The molecule has 0 atom stereocenters. The van der Waals surface area contributed by atoms with Crippen LogP contribution < -0.4 is 0 Å². The summed E-state index contributed by atoms with van der Waals surface area (Å²) in [5.74, 6) is 0. The molecule has 0 bridgehead atoms. The van der Waals surface area contributed by atoms with Crippen LogP contribution in [0, 0.1) is 0 Å². The number of rotatable bonds is 1. The van der Waals surface area contributed by atoms with Crippen molar-refractivity contribution in [3.8, 4) is 11.1 Å². The van der Waals surface area contributed by atoms with E-state index >= 15 is 0 Å². The molecular formula is C20H12N2. The highest BCUT2D eigenvalue weighted by Crippen LogP contribution is 2.37. The van der Waals surface area contributed by atoms with E-state index in [1.807, 2.05) is 6.07 Å². The number of nitrogens with zero attached hydrogens (tertiary/aromatic N) is 2. The SMILES string of the molecule is c1ccc(-c2ccc3ccc4ncnc5ccc2c3c45)cc1. The summed E-state index contributed by atoms with van der Waals surface area (Å²) < 4.78 is 0. The molecule has 22 heavy (non-hydrogen) atoms. The Hall–Kier alpha value is -3.00. The molecule has 0 aliphatic carbocycles. The van der Waals surface area contributed by atoms with Crippen LogP contribution in [-0.4, -0.2) is 9.97 Å². The highest BCUT2D eigenvalue weighted by molar-refractivity contribution is 6.23. The van der Waals surface area contributed by atoms with Gasteiger partial charge in [0.1, 0.15) is 6.33 Å². The fourth-order valence-electron chi connectivity index (χ4n) is 3.35. The minimum absolute atomic E-state index is 1.01. The third-order valence-corrected chi connectivity index (χ3v) is 4.35. The Morgan fingerprint density at radius 1 is 0.591 bits per heavy atom. The number of benzene rings is 4. The average Bonchev–Trinajstić information content (AvgIpc) is 2.60. The normalized spacial score (nSPS) is 11.6. The number of aromatic nitrogens is 2. The fraction of sp³-hybridized carbons (Fsp3) is 0. The minimum Gasteiger partial charge on any atom is -0.236 e. The molecular weight excluding hydrogens is 268 g/mol. The Labute approximate surface area is 127 Å². The first kappa shape index (κ1) is 11.6. The second-order valence-electron chi connectivity index (χ2n) is 5.54. The van der Waals surface area contributed by atoms with Crippen LogP contribution in [-0.2, 0) is 0 Å². The van der Waals surface area contributed by atoms with Crippen molar-refractivity contribution in [2.45, 2.75) is 0 Å². The first-order valence-corrected chi connectivity index (χ1v) is 7.36. The van der Waals surface area contributed by atoms with Crippen LogP contribution in [0.3, 0.4) is 0 Å². The Balaban J connectivity index is 2.02. The van der Waals surface area contributed by atoms with Gasteiger partial charge in [0, 0.05) is 10.8 Å². The van der Waals surface area contributed by atoms with Gasteiger partial charge in [-0.25, -0.2) is 9.97 Å². The van der Waals surface area contributed by atoms with Gasteiger partial charge in [-0.1, -0.05) is 54.6 Å². The Kier molecular flexibility index (Phi) is 2.25. The Morgan fingerprint density at radius 3 is 2.14 bits per heavy atom. The van der Waals surface area contributed by atoms with Crippen LogP contribution in [0.2, 0.25) is 0 Å². The van der Waals surface area contributed by atoms with Gasteiger partial charge in [0.15, 0.2) is 0 Å². The maximum absolute atomic E-state index is 4.42. The van der Waals surface area contributed by atoms with Gasteiger partial charge in [0.2, 0.25) is 0 Å². The van der Waals surface area contributed by atoms with Crippen molar-refractivity contribution in [3.63, 3.8) is 0 Å². The molecule has 0 spiro atoms. The summed E-state index contributed by atoms with van der Waals surface area (Å²) in [5, 5.41) is 4.92. The van der Waals surface area contributed by atoms with Crippen LogP contribution in [0.5, 0.6) is 0 Å². The number of hydrogen-bond donors (Lipinski definition) is 0. The zero-order chi connectivity index (χ0) is 14.5. The third-order valence-electron chi connectivity index (χ3n) is 4.35. The molecule has 0 radical (unpaired) electrons. The van der Waals surface area contributed by atoms with E-state index in [4.69, 9.17) is 0 Å². The molecule has 5 rings (SSSR count). The molecule has 2 heteroatoms. The Morgan fingerprint density at radius 2 is 1.32 bits per heavy atom. The molecule has 102 valence electrons. The van der Waals surface area contributed by atoms with E-state index < -0.39 is 0 Å². The quantitative estimate of drug-likeness (QED) is 0.402. The molecule has 2 nitrogen and oxygen atoms in total. The van der Waals surface area contributed by atoms with Gasteiger partial charge in [-0.3, -0.25) is 0 Å². The molecule has 4 aromatic carbocycles. The standard InChI is InChI=1S/C20H12N2/c1-2-4-13(5-3-1)15-8-6-14-7-10-17-20-18(22-12-21-17)11-9-16(15)19(14)20/h1-12H. The molecule has 0 saturated carbocycles. The topological polar surface area (TPSA) is 25.8 Å². The van der Waals surface area contributed by atoms with Crippen molar-refractivity contribution in [2.24, 2.45) is 0 Å². The third kappa shape index (κ3) is 1.49. The smallest absolute Gasteiger partial charge is 0.116 e. The molecule has 0 aliphatic rings. The fourth-order valence-corrected chi connectivity index (χ4v) is 3.35. The minimum atomic E-state index is 1.01. The average molecular weight is 280 g/mol. The summed E-state index contributed by atoms with van der Waals surface area (Å²) in [7, 11) is 0. The van der Waals surface area contributed by atoms with Crippen molar-refractivity contribution in [1.82, 2.24) is 9.97 Å². The zero-order valence-electron chi connectivity index (χ0n) is 11.8. The summed E-state index contributed by atoms with van der Waals surface area (Å²) in [5.41, 5.74) is 4.51. The Bertz CT molecular complexity index is 1100. The second-order valence-corrected chi connectivity index (χ2v) is 5.54. The maximum Gasteiger partial charge on any atom is 0.116 e. The molecule has 0 amide bonds. The van der Waals surface area contributed by atoms with E-state index in [1.165, 1.54) is 27.3 Å². The monoisotopic (exact) mass is 280 g/mol. The van der Waals surface area contributed by atoms with Crippen molar-refractivity contribution >= 4 is 32.6 Å². The van der Waals surface area contributed by atoms with Crippen molar-refractivity contribution < 1.29 is 0 Å². The molecule has 0 fully saturated rings. The molecule has 0 N–H and O–H groups in total. The van der Waals surface area contributed by atoms with Crippen LogP contribution in [0.1, 0.15) is 0 Å². The molecule has 0 aliphatic heterocycles. The van der Waals surface area contributed by atoms with E-state index in [2.05, 4.69) is 70.6 Å². The van der Waals surface area contributed by atoms with Crippen LogP contribution in [0.4, 0.5) is 0 Å². The van der Waals surface area contributed by atoms with Crippen molar-refractivity contribution in [1.29, 1.82) is 0 Å². The lowest BCUT2D eigenvalue weighted by Crippen LogP contribution is -1.90. The second kappa shape index (κ2) is 4.25. The zero-order valence-corrected chi connectivity index (χ0v) is 11.8. The van der Waals surface area contributed by atoms with Gasteiger partial charge in [0.05, 0.1) is 11.0 Å². The van der Waals surface area contributed by atoms with Crippen molar-refractivity contribution in [3.05, 3.63) is 73.1 Å². The van der Waals surface area contributed by atoms with E-state index in [-0.39, 0.29) is 0 Å². The highest BCUT2D eigenvalue weighted by Gasteiger charge is 2.12. The van der Waals surface area contributed by atoms with Gasteiger partial charge >= 0.3 is 0 Å². The lowest BCUT2D eigenvalue weighted by Gasteiger charge is -2.13. The summed E-state index contributed by atoms with van der Waals surface area (Å²) in [6, 6.07) is 23.4. The highest BCUT2D eigenvalue weighted by atomic mass is 14.8. The molecule has 1 heterocycles. The summed E-state index contributed by atoms with van der Waals surface area (Å²) in [4.78, 5) is 8.85. The van der Waals surface area contributed by atoms with Crippen LogP contribution in [0.25, 0.3) is 43.7 Å². The summed E-state index contributed by atoms with van der Waals surface area (Å²) in [6.07, 6.45) is 1.64. The number of hydrogen-bond acceptors (Lipinski definition) is 2. The summed E-state index contributed by atoms with van der Waals surface area (Å²) >= 11 is 0. The van der Waals surface area contributed by atoms with E-state index in [0.717, 1.165) is 16.4 Å². The van der Waals surface area contributed by atoms with Gasteiger partial charge in [0.25, 0.3) is 0 Å². The lowest BCUT2D eigenvalue weighted by atomic mass is 9.92. The predicted molar refractivity (Wildman–Crippen MR) is 91.2 cm³/mol. The molecule has 1 aromatic heterocycles. The van der Waals surface area contributed by atoms with Gasteiger partial charge in [-0.05, 0) is 34.0 Å². The molecule has 0 saturated heterocycles. The first-order valence-electron chi connectivity index (χ1n) is 7.36. The van der Waals surface area contributed by atoms with Crippen LogP contribution in [0.15, 0.2) is 73.1 Å². The van der Waals surface area contributed by atoms with Crippen LogP contribution >= 0.6 is 0 Å². The first-order chi connectivity index (χ1) is 10.9. The molecule has 0 unspecified atom stereocenters. The van der Waals surface area contributed by atoms with E-state index in [1.54, 1.807) is 6.33 Å². The maximum atomic E-state index is 4.42. The van der Waals surface area contributed by atoms with Gasteiger partial charge in [-0.2, -0.15) is 0 Å². The predicted octanol–water partition coefficient (Wildman–Crippen LogP) is 5.04. The molecule has 5 aromatic rings. The van der Waals surface area contributed by atoms with Gasteiger partial charge < -0.3 is 0 Å². The van der Waals surface area contributed by atoms with E-state index in [9.17, 15) is 0 Å². The van der Waals surface area contributed by atoms with Gasteiger partial charge in [-0.15, -0.1) is 0 Å². The van der Waals surface area contributed by atoms with E-state index in [0.29, 0.717) is 0 Å². The largest absolute Gasteiger partial charge is 0.236 e. The lowest BCUT2D eigenvalue weighted by molar-refractivity contribution is 1.26. The summed E-state index contributed by atoms with van der Waals surface area (Å²) in [6.45, 7) is 0.